The molecule has 0 aromatic carbocycles. The number of hydrogen-bond acceptors (Lipinski definition) is 5. The second kappa shape index (κ2) is 8.97. The van der Waals surface area contributed by atoms with Crippen LogP contribution in [0, 0.1) is 0 Å². The molecular weight excluding hydrogens is 376 g/mol. The normalized spacial score (nSPS) is 19.3. The van der Waals surface area contributed by atoms with Gasteiger partial charge in [-0.3, -0.25) is 0 Å². The van der Waals surface area contributed by atoms with E-state index in [9.17, 15) is 0 Å². The summed E-state index contributed by atoms with van der Waals surface area (Å²) in [5.74, 6) is 0.734. The molecule has 2 aromatic heterocycles. The minimum absolute atomic E-state index is 0.101. The van der Waals surface area contributed by atoms with Gasteiger partial charge in [-0.2, -0.15) is 0 Å². The summed E-state index contributed by atoms with van der Waals surface area (Å²) >= 11 is 1.85. The van der Waals surface area contributed by atoms with Crippen LogP contribution in [0.15, 0.2) is 36.0 Å². The van der Waals surface area contributed by atoms with Crippen molar-refractivity contribution in [2.45, 2.75) is 90.8 Å². The van der Waals surface area contributed by atoms with Crippen LogP contribution in [0.2, 0.25) is 0 Å². The van der Waals surface area contributed by atoms with Crippen LogP contribution in [-0.4, -0.2) is 27.1 Å². The SMILES string of the molecule is C/C=C(\CC)CCc1ccc(-c2ccnc(NC3CC(C)(C)NC(C)(C)C3)n2)s1. The lowest BCUT2D eigenvalue weighted by Gasteiger charge is -2.46. The van der Waals surface area contributed by atoms with Crippen LogP contribution in [0.3, 0.4) is 0 Å². The Labute approximate surface area is 180 Å². The quantitative estimate of drug-likeness (QED) is 0.530. The van der Waals surface area contributed by atoms with E-state index < -0.39 is 0 Å². The average Bonchev–Trinajstić information content (AvgIpc) is 3.09. The van der Waals surface area contributed by atoms with Gasteiger partial charge in [0.15, 0.2) is 0 Å². The number of rotatable bonds is 7. The van der Waals surface area contributed by atoms with E-state index in [0.717, 1.165) is 43.7 Å². The van der Waals surface area contributed by atoms with Gasteiger partial charge in [0.25, 0.3) is 0 Å². The van der Waals surface area contributed by atoms with Crippen molar-refractivity contribution in [3.63, 3.8) is 0 Å². The van der Waals surface area contributed by atoms with Gasteiger partial charge in [0.1, 0.15) is 0 Å². The van der Waals surface area contributed by atoms with E-state index in [1.807, 2.05) is 23.6 Å². The smallest absolute Gasteiger partial charge is 0.223 e. The topological polar surface area (TPSA) is 49.8 Å². The first-order valence-corrected chi connectivity index (χ1v) is 11.6. The second-order valence-electron chi connectivity index (χ2n) is 9.47. The van der Waals surface area contributed by atoms with Gasteiger partial charge >= 0.3 is 0 Å². The van der Waals surface area contributed by atoms with Crippen LogP contribution in [0.1, 0.15) is 72.1 Å². The Morgan fingerprint density at radius 3 is 2.59 bits per heavy atom. The number of anilines is 1. The highest BCUT2D eigenvalue weighted by molar-refractivity contribution is 7.15. The van der Waals surface area contributed by atoms with Crippen molar-refractivity contribution < 1.29 is 0 Å². The summed E-state index contributed by atoms with van der Waals surface area (Å²) in [5.41, 5.74) is 2.74. The van der Waals surface area contributed by atoms with E-state index in [1.165, 1.54) is 15.3 Å². The Balaban J connectivity index is 1.69. The first-order chi connectivity index (χ1) is 13.7. The van der Waals surface area contributed by atoms with Gasteiger partial charge in [0, 0.05) is 28.2 Å². The molecular formula is C24H36N4S. The highest BCUT2D eigenvalue weighted by Crippen LogP contribution is 2.31. The summed E-state index contributed by atoms with van der Waals surface area (Å²) in [6.07, 6.45) is 9.62. The zero-order chi connectivity index (χ0) is 21.1. The summed E-state index contributed by atoms with van der Waals surface area (Å²) in [7, 11) is 0. The van der Waals surface area contributed by atoms with Gasteiger partial charge in [-0.1, -0.05) is 18.6 Å². The molecule has 0 unspecified atom stereocenters. The fourth-order valence-corrected chi connectivity index (χ4v) is 5.61. The van der Waals surface area contributed by atoms with Gasteiger partial charge in [0.05, 0.1) is 10.6 Å². The monoisotopic (exact) mass is 412 g/mol. The second-order valence-corrected chi connectivity index (χ2v) is 10.6. The number of hydrogen-bond donors (Lipinski definition) is 2. The number of nitrogens with zero attached hydrogens (tertiary/aromatic N) is 2. The molecule has 158 valence electrons. The average molecular weight is 413 g/mol. The lowest BCUT2D eigenvalue weighted by molar-refractivity contribution is 0.170. The van der Waals surface area contributed by atoms with Crippen LogP contribution in [0.25, 0.3) is 10.6 Å². The standard InChI is InChI=1S/C24H36N4S/c1-7-17(8-2)9-10-19-11-12-21(29-19)20-13-14-25-22(27-20)26-18-15-23(3,4)28-24(5,6)16-18/h7,11-14,18,28H,8-10,15-16H2,1-6H3,(H,25,26,27)/b17-7+. The highest BCUT2D eigenvalue weighted by atomic mass is 32.1. The molecule has 0 spiro atoms. The van der Waals surface area contributed by atoms with Crippen molar-refractivity contribution in [2.24, 2.45) is 0 Å². The molecule has 3 heterocycles. The molecule has 0 bridgehead atoms. The summed E-state index contributed by atoms with van der Waals surface area (Å²) in [6, 6.07) is 6.82. The van der Waals surface area contributed by atoms with Gasteiger partial charge in [-0.15, -0.1) is 11.3 Å². The number of aromatic nitrogens is 2. The van der Waals surface area contributed by atoms with Crippen LogP contribution >= 0.6 is 11.3 Å². The van der Waals surface area contributed by atoms with Gasteiger partial charge < -0.3 is 10.6 Å². The highest BCUT2D eigenvalue weighted by Gasteiger charge is 2.37. The minimum atomic E-state index is 0.101. The maximum Gasteiger partial charge on any atom is 0.223 e. The van der Waals surface area contributed by atoms with E-state index in [2.05, 4.69) is 75.4 Å². The molecule has 1 saturated heterocycles. The molecule has 29 heavy (non-hydrogen) atoms. The van der Waals surface area contributed by atoms with Crippen molar-refractivity contribution in [2.75, 3.05) is 5.32 Å². The Kier molecular flexibility index (Phi) is 6.79. The number of allylic oxidation sites excluding steroid dienone is 2. The van der Waals surface area contributed by atoms with E-state index in [1.54, 1.807) is 0 Å². The van der Waals surface area contributed by atoms with E-state index in [4.69, 9.17) is 4.98 Å². The van der Waals surface area contributed by atoms with Crippen LogP contribution < -0.4 is 10.6 Å². The first-order valence-electron chi connectivity index (χ1n) is 10.8. The molecule has 1 aliphatic rings. The lowest BCUT2D eigenvalue weighted by Crippen LogP contribution is -2.60. The lowest BCUT2D eigenvalue weighted by atomic mass is 9.80. The molecule has 0 saturated carbocycles. The van der Waals surface area contributed by atoms with E-state index in [-0.39, 0.29) is 11.1 Å². The number of piperidine rings is 1. The third kappa shape index (κ3) is 6.13. The molecule has 0 amide bonds. The molecule has 0 aliphatic carbocycles. The zero-order valence-corrected chi connectivity index (χ0v) is 19.6. The summed E-state index contributed by atoms with van der Waals surface area (Å²) in [4.78, 5) is 12.0. The van der Waals surface area contributed by atoms with Crippen LogP contribution in [0.5, 0.6) is 0 Å². The van der Waals surface area contributed by atoms with Crippen molar-refractivity contribution in [1.29, 1.82) is 0 Å². The largest absolute Gasteiger partial charge is 0.351 e. The van der Waals surface area contributed by atoms with E-state index in [0.29, 0.717) is 6.04 Å². The predicted molar refractivity (Wildman–Crippen MR) is 126 cm³/mol. The molecule has 4 nitrogen and oxygen atoms in total. The third-order valence-corrected chi connectivity index (χ3v) is 6.82. The molecule has 5 heteroatoms. The fraction of sp³-hybridized carbons (Fsp3) is 0.583. The molecule has 2 N–H and O–H groups in total. The maximum absolute atomic E-state index is 4.83. The molecule has 3 rings (SSSR count). The maximum atomic E-state index is 4.83. The molecule has 1 fully saturated rings. The number of aryl methyl sites for hydroxylation is 1. The summed E-state index contributed by atoms with van der Waals surface area (Å²) in [6.45, 7) is 13.4. The van der Waals surface area contributed by atoms with Gasteiger partial charge in [0.2, 0.25) is 5.95 Å². The van der Waals surface area contributed by atoms with Crippen molar-refractivity contribution in [1.82, 2.24) is 15.3 Å². The van der Waals surface area contributed by atoms with Crippen LogP contribution in [-0.2, 0) is 6.42 Å². The Hall–Kier alpha value is -1.72. The Morgan fingerprint density at radius 1 is 1.21 bits per heavy atom. The summed E-state index contributed by atoms with van der Waals surface area (Å²) < 4.78 is 0. The number of nitrogens with one attached hydrogen (secondary N) is 2. The Bertz CT molecular complexity index is 834. The summed E-state index contributed by atoms with van der Waals surface area (Å²) in [5, 5.41) is 7.33. The Morgan fingerprint density at radius 2 is 1.93 bits per heavy atom. The fourth-order valence-electron chi connectivity index (χ4n) is 4.63. The van der Waals surface area contributed by atoms with Gasteiger partial charge in [-0.25, -0.2) is 9.97 Å². The predicted octanol–water partition coefficient (Wildman–Crippen LogP) is 6.22. The zero-order valence-electron chi connectivity index (χ0n) is 18.8. The van der Waals surface area contributed by atoms with Crippen LogP contribution in [0.4, 0.5) is 5.95 Å². The minimum Gasteiger partial charge on any atom is -0.351 e. The number of thiophene rings is 1. The van der Waals surface area contributed by atoms with E-state index >= 15 is 0 Å². The van der Waals surface area contributed by atoms with Gasteiger partial charge in [-0.05, 0) is 84.9 Å². The molecule has 0 atom stereocenters. The molecule has 1 aliphatic heterocycles. The first kappa shape index (κ1) is 22.0. The third-order valence-electron chi connectivity index (χ3n) is 5.65. The molecule has 2 aromatic rings. The van der Waals surface area contributed by atoms with Crippen molar-refractivity contribution in [3.8, 4) is 10.6 Å². The molecule has 0 radical (unpaired) electrons. The van der Waals surface area contributed by atoms with Crippen molar-refractivity contribution >= 4 is 17.3 Å². The van der Waals surface area contributed by atoms with Crippen molar-refractivity contribution in [3.05, 3.63) is 40.9 Å².